The molecule has 1 rings (SSSR count). The fourth-order valence-electron chi connectivity index (χ4n) is 1.86. The van der Waals surface area contributed by atoms with E-state index in [1.807, 2.05) is 37.3 Å². The standard InChI is InChI=1S/C16H22NO3.W/c1-3-4-8-11-16(2,15(19)20)17-14(12-18)13-9-6-5-7-10-13;/h5-11,14,17-18H,2-4,12H2,1H3,(H,19,20);/q-1;/b11-8+;. The van der Waals surface area contributed by atoms with Crippen LogP contribution in [0.1, 0.15) is 31.4 Å². The molecule has 21 heavy (non-hydrogen) atoms. The van der Waals surface area contributed by atoms with Gasteiger partial charge < -0.3 is 22.5 Å². The zero-order valence-corrected chi connectivity index (χ0v) is 15.1. The van der Waals surface area contributed by atoms with Crippen LogP contribution in [0.3, 0.4) is 0 Å². The number of carbonyl (C=O) groups is 1. The van der Waals surface area contributed by atoms with E-state index in [0.717, 1.165) is 18.4 Å². The van der Waals surface area contributed by atoms with E-state index in [9.17, 15) is 15.0 Å². The molecule has 3 N–H and O–H groups in total. The van der Waals surface area contributed by atoms with E-state index in [2.05, 4.69) is 12.2 Å². The van der Waals surface area contributed by atoms with Crippen LogP contribution in [0.2, 0.25) is 0 Å². The van der Waals surface area contributed by atoms with E-state index >= 15 is 0 Å². The number of allylic oxidation sites excluding steroid dienone is 1. The van der Waals surface area contributed by atoms with Crippen molar-refractivity contribution in [3.8, 4) is 0 Å². The number of benzene rings is 1. The molecule has 1 aromatic carbocycles. The molecule has 116 valence electrons. The summed E-state index contributed by atoms with van der Waals surface area (Å²) in [6.07, 6.45) is 5.08. The average molecular weight is 460 g/mol. The minimum absolute atomic E-state index is 0. The van der Waals surface area contributed by atoms with Crippen molar-refractivity contribution in [1.82, 2.24) is 5.32 Å². The van der Waals surface area contributed by atoms with E-state index < -0.39 is 17.6 Å². The van der Waals surface area contributed by atoms with Crippen molar-refractivity contribution in [2.24, 2.45) is 0 Å². The Balaban J connectivity index is 0.00000400. The first kappa shape index (κ1) is 20.0. The van der Waals surface area contributed by atoms with Crippen molar-refractivity contribution in [3.05, 3.63) is 55.0 Å². The molecule has 1 aromatic rings. The Hall–Kier alpha value is -0.962. The van der Waals surface area contributed by atoms with Crippen LogP contribution in [0.4, 0.5) is 0 Å². The Morgan fingerprint density at radius 1 is 1.43 bits per heavy atom. The number of rotatable bonds is 8. The summed E-state index contributed by atoms with van der Waals surface area (Å²) in [4.78, 5) is 11.4. The Kier molecular flexibility index (Phi) is 9.43. The van der Waals surface area contributed by atoms with Crippen LogP contribution < -0.4 is 5.32 Å². The van der Waals surface area contributed by atoms with Crippen LogP contribution in [0.5, 0.6) is 0 Å². The summed E-state index contributed by atoms with van der Waals surface area (Å²) in [6.45, 7) is 5.56. The van der Waals surface area contributed by atoms with Crippen molar-refractivity contribution in [1.29, 1.82) is 0 Å². The summed E-state index contributed by atoms with van der Waals surface area (Å²) in [5.74, 6) is -1.07. The fraction of sp³-hybridized carbons (Fsp3) is 0.375. The molecule has 4 nitrogen and oxygen atoms in total. The zero-order valence-electron chi connectivity index (χ0n) is 12.2. The second-order valence-electron chi connectivity index (χ2n) is 4.76. The molecule has 0 spiro atoms. The van der Waals surface area contributed by atoms with Gasteiger partial charge >= 0.3 is 0 Å². The molecule has 0 fully saturated rings. The van der Waals surface area contributed by atoms with Crippen molar-refractivity contribution in [2.45, 2.75) is 31.3 Å². The smallest absolute Gasteiger partial charge is 0.296 e. The summed E-state index contributed by atoms with van der Waals surface area (Å²) in [7, 11) is 0. The molecular weight excluding hydrogens is 438 g/mol. The third kappa shape index (κ3) is 6.13. The minimum Gasteiger partial charge on any atom is -0.482 e. The molecule has 0 saturated carbocycles. The zero-order chi connectivity index (χ0) is 15.0. The quantitative estimate of drug-likeness (QED) is 0.412. The van der Waals surface area contributed by atoms with Gasteiger partial charge in [-0.15, -0.1) is 0 Å². The number of aliphatic hydroxyl groups is 1. The first-order valence-electron chi connectivity index (χ1n) is 6.73. The maximum atomic E-state index is 11.4. The number of nitrogens with one attached hydrogen (secondary N) is 1. The maximum absolute atomic E-state index is 11.4. The number of unbranched alkanes of at least 4 members (excludes halogenated alkanes) is 1. The van der Waals surface area contributed by atoms with Crippen molar-refractivity contribution >= 4 is 5.97 Å². The summed E-state index contributed by atoms with van der Waals surface area (Å²) in [6, 6.07) is 8.76. The van der Waals surface area contributed by atoms with Crippen LogP contribution in [0, 0.1) is 6.92 Å². The number of hydrogen-bond acceptors (Lipinski definition) is 3. The molecule has 0 radical (unpaired) electrons. The Labute approximate surface area is 140 Å². The van der Waals surface area contributed by atoms with Gasteiger partial charge in [0.15, 0.2) is 0 Å². The van der Waals surface area contributed by atoms with Gasteiger partial charge in [-0.2, -0.15) is 0 Å². The molecule has 0 aromatic heterocycles. The molecule has 0 aliphatic heterocycles. The average Bonchev–Trinajstić information content (AvgIpc) is 2.46. The molecule has 0 aliphatic rings. The molecule has 2 unspecified atom stereocenters. The van der Waals surface area contributed by atoms with Gasteiger partial charge in [-0.1, -0.05) is 55.8 Å². The topological polar surface area (TPSA) is 69.6 Å². The van der Waals surface area contributed by atoms with Crippen LogP contribution in [-0.4, -0.2) is 28.3 Å². The number of hydrogen-bond donors (Lipinski definition) is 3. The SMILES string of the molecule is [CH2-]C(/C=C/CCC)(NC(CO)c1ccccc1)C(=O)O.[W]. The second kappa shape index (κ2) is 9.88. The Morgan fingerprint density at radius 3 is 2.52 bits per heavy atom. The summed E-state index contributed by atoms with van der Waals surface area (Å²) in [5, 5.41) is 21.8. The minimum atomic E-state index is -1.45. The molecule has 0 bridgehead atoms. The van der Waals surface area contributed by atoms with Gasteiger partial charge in [0.25, 0.3) is 5.97 Å². The molecule has 0 amide bonds. The van der Waals surface area contributed by atoms with Crippen LogP contribution >= 0.6 is 0 Å². The summed E-state index contributed by atoms with van der Waals surface area (Å²) >= 11 is 0. The van der Waals surface area contributed by atoms with Gasteiger partial charge in [0.05, 0.1) is 12.6 Å². The van der Waals surface area contributed by atoms with Gasteiger partial charge in [-0.25, -0.2) is 0 Å². The third-order valence-corrected chi connectivity index (χ3v) is 3.06. The molecular formula is C16H22NO3W-. The Morgan fingerprint density at radius 2 is 2.05 bits per heavy atom. The molecule has 0 aliphatic carbocycles. The van der Waals surface area contributed by atoms with Gasteiger partial charge in [0, 0.05) is 26.6 Å². The predicted molar refractivity (Wildman–Crippen MR) is 79.2 cm³/mol. The van der Waals surface area contributed by atoms with Crippen LogP contribution in [-0.2, 0) is 25.9 Å². The van der Waals surface area contributed by atoms with Gasteiger partial charge in [0.2, 0.25) is 0 Å². The Bertz CT molecular complexity index is 450. The van der Waals surface area contributed by atoms with Crippen molar-refractivity contribution in [3.63, 3.8) is 0 Å². The second-order valence-corrected chi connectivity index (χ2v) is 4.76. The predicted octanol–water partition coefficient (Wildman–Crippen LogP) is 2.32. The van der Waals surface area contributed by atoms with E-state index in [4.69, 9.17) is 0 Å². The van der Waals surface area contributed by atoms with Crippen LogP contribution in [0.15, 0.2) is 42.5 Å². The normalized spacial score (nSPS) is 15.2. The first-order valence-corrected chi connectivity index (χ1v) is 6.73. The van der Waals surface area contributed by atoms with E-state index in [1.165, 1.54) is 0 Å². The largest absolute Gasteiger partial charge is 0.482 e. The monoisotopic (exact) mass is 460 g/mol. The van der Waals surface area contributed by atoms with Gasteiger partial charge in [0.1, 0.15) is 0 Å². The van der Waals surface area contributed by atoms with Gasteiger partial charge in [-0.05, 0) is 12.0 Å². The molecule has 2 atom stereocenters. The molecule has 0 saturated heterocycles. The summed E-state index contributed by atoms with van der Waals surface area (Å²) in [5.41, 5.74) is -0.619. The first-order chi connectivity index (χ1) is 9.53. The number of carboxylic acids is 1. The third-order valence-electron chi connectivity index (χ3n) is 3.06. The number of aliphatic carboxylic acids is 1. The van der Waals surface area contributed by atoms with E-state index in [-0.39, 0.29) is 27.7 Å². The summed E-state index contributed by atoms with van der Waals surface area (Å²) < 4.78 is 0. The van der Waals surface area contributed by atoms with Crippen molar-refractivity contribution in [2.75, 3.05) is 6.61 Å². The van der Waals surface area contributed by atoms with Crippen LogP contribution in [0.25, 0.3) is 0 Å². The van der Waals surface area contributed by atoms with Gasteiger partial charge in [-0.3, -0.25) is 4.79 Å². The molecule has 0 heterocycles. The number of aliphatic hydroxyl groups excluding tert-OH is 1. The van der Waals surface area contributed by atoms with E-state index in [0.29, 0.717) is 0 Å². The number of carboxylic acid groups (broad SMARTS) is 1. The van der Waals surface area contributed by atoms with E-state index in [1.54, 1.807) is 12.2 Å². The van der Waals surface area contributed by atoms with Crippen molar-refractivity contribution < 1.29 is 36.1 Å². The maximum Gasteiger partial charge on any atom is 0.296 e. The fourth-order valence-corrected chi connectivity index (χ4v) is 1.86. The molecule has 5 heteroatoms.